The predicted octanol–water partition coefficient (Wildman–Crippen LogP) is -1.13. The lowest BCUT2D eigenvalue weighted by Crippen LogP contribution is -2.25. The second-order valence-electron chi connectivity index (χ2n) is 1.57. The number of Topliss-reactive ketones (excluding diaryl/α,β-unsaturated/α-hetero) is 1. The van der Waals surface area contributed by atoms with Gasteiger partial charge in [0, 0.05) is 13.0 Å². The van der Waals surface area contributed by atoms with Crippen molar-refractivity contribution in [3.63, 3.8) is 0 Å². The molecule has 0 spiro atoms. The molecule has 3 nitrogen and oxygen atoms in total. The van der Waals surface area contributed by atoms with Gasteiger partial charge in [0.15, 0.2) is 12.0 Å². The van der Waals surface area contributed by atoms with Gasteiger partial charge in [0.2, 0.25) is 0 Å². The van der Waals surface area contributed by atoms with E-state index in [0.29, 0.717) is 13.0 Å². The fourth-order valence-corrected chi connectivity index (χ4v) is 0.583. The smallest absolute Gasteiger partial charge is 0.177 e. The van der Waals surface area contributed by atoms with Gasteiger partial charge in [-0.1, -0.05) is 0 Å². The minimum atomic E-state index is -0.875. The number of aliphatic hydroxyl groups is 1. The van der Waals surface area contributed by atoms with Gasteiger partial charge in [0.1, 0.15) is 0 Å². The first-order valence-corrected chi connectivity index (χ1v) is 2.25. The Hall–Kier alpha value is -0.410. The van der Waals surface area contributed by atoms with E-state index < -0.39 is 6.23 Å². The molecular formula is C4H7NO2. The zero-order valence-corrected chi connectivity index (χ0v) is 3.85. The predicted molar refractivity (Wildman–Crippen MR) is 23.6 cm³/mol. The quantitative estimate of drug-likeness (QED) is 0.406. The lowest BCUT2D eigenvalue weighted by Gasteiger charge is -1.93. The molecule has 1 aliphatic rings. The summed E-state index contributed by atoms with van der Waals surface area (Å²) in [6.07, 6.45) is -0.402. The van der Waals surface area contributed by atoms with Crippen LogP contribution in [0.1, 0.15) is 6.42 Å². The van der Waals surface area contributed by atoms with Crippen molar-refractivity contribution in [1.29, 1.82) is 0 Å². The average molecular weight is 101 g/mol. The third kappa shape index (κ3) is 0.783. The summed E-state index contributed by atoms with van der Waals surface area (Å²) < 4.78 is 0. The van der Waals surface area contributed by atoms with Crippen molar-refractivity contribution in [2.45, 2.75) is 12.6 Å². The first-order chi connectivity index (χ1) is 3.30. The van der Waals surface area contributed by atoms with Crippen LogP contribution in [0.3, 0.4) is 0 Å². The van der Waals surface area contributed by atoms with E-state index in [1.54, 1.807) is 0 Å². The summed E-state index contributed by atoms with van der Waals surface area (Å²) >= 11 is 0. The van der Waals surface area contributed by atoms with Gasteiger partial charge in [-0.05, 0) is 0 Å². The molecule has 0 aromatic carbocycles. The zero-order valence-electron chi connectivity index (χ0n) is 3.85. The van der Waals surface area contributed by atoms with Crippen molar-refractivity contribution < 1.29 is 9.90 Å². The van der Waals surface area contributed by atoms with Crippen molar-refractivity contribution in [2.24, 2.45) is 0 Å². The van der Waals surface area contributed by atoms with Gasteiger partial charge in [-0.3, -0.25) is 10.1 Å². The van der Waals surface area contributed by atoms with Crippen LogP contribution in [0.2, 0.25) is 0 Å². The molecular weight excluding hydrogens is 94.0 g/mol. The number of hydrogen-bond acceptors (Lipinski definition) is 3. The molecule has 0 radical (unpaired) electrons. The summed E-state index contributed by atoms with van der Waals surface area (Å²) in [5, 5.41) is 11.1. The molecule has 2 N–H and O–H groups in total. The van der Waals surface area contributed by atoms with Crippen molar-refractivity contribution in [3.8, 4) is 0 Å². The summed E-state index contributed by atoms with van der Waals surface area (Å²) in [5.41, 5.74) is 0. The van der Waals surface area contributed by atoms with Crippen LogP contribution in [0.15, 0.2) is 0 Å². The van der Waals surface area contributed by atoms with Gasteiger partial charge in [-0.2, -0.15) is 0 Å². The Bertz CT molecular complexity index is 91.7. The summed E-state index contributed by atoms with van der Waals surface area (Å²) in [7, 11) is 0. The van der Waals surface area contributed by atoms with E-state index in [4.69, 9.17) is 5.11 Å². The number of ketones is 1. The highest BCUT2D eigenvalue weighted by Crippen LogP contribution is 1.94. The SMILES string of the molecule is O=C1CCNC1O. The first kappa shape index (κ1) is 4.74. The van der Waals surface area contributed by atoms with E-state index in [9.17, 15) is 4.79 Å². The van der Waals surface area contributed by atoms with Crippen LogP contribution in [0.5, 0.6) is 0 Å². The highest BCUT2D eigenvalue weighted by atomic mass is 16.3. The fourth-order valence-electron chi connectivity index (χ4n) is 0.583. The van der Waals surface area contributed by atoms with Gasteiger partial charge >= 0.3 is 0 Å². The van der Waals surface area contributed by atoms with E-state index in [1.165, 1.54) is 0 Å². The van der Waals surface area contributed by atoms with Gasteiger partial charge in [-0.25, -0.2) is 0 Å². The van der Waals surface area contributed by atoms with Crippen LogP contribution in [0.4, 0.5) is 0 Å². The lowest BCUT2D eigenvalue weighted by molar-refractivity contribution is -0.124. The molecule has 1 saturated heterocycles. The molecule has 0 bridgehead atoms. The fraction of sp³-hybridized carbons (Fsp3) is 0.750. The Kier molecular flexibility index (Phi) is 1.08. The Morgan fingerprint density at radius 2 is 2.57 bits per heavy atom. The van der Waals surface area contributed by atoms with E-state index >= 15 is 0 Å². The molecule has 1 aliphatic heterocycles. The maximum atomic E-state index is 10.3. The molecule has 1 heterocycles. The maximum Gasteiger partial charge on any atom is 0.177 e. The van der Waals surface area contributed by atoms with Crippen LogP contribution in [-0.4, -0.2) is 23.7 Å². The molecule has 40 valence electrons. The van der Waals surface area contributed by atoms with Crippen LogP contribution in [0.25, 0.3) is 0 Å². The largest absolute Gasteiger partial charge is 0.371 e. The van der Waals surface area contributed by atoms with E-state index in [-0.39, 0.29) is 5.78 Å². The number of nitrogens with one attached hydrogen (secondary N) is 1. The molecule has 3 heteroatoms. The minimum absolute atomic E-state index is 0.0972. The Balaban J connectivity index is 2.48. The molecule has 0 aromatic heterocycles. The Morgan fingerprint density at radius 3 is 2.71 bits per heavy atom. The highest BCUT2D eigenvalue weighted by molar-refractivity contribution is 5.84. The Morgan fingerprint density at radius 1 is 1.86 bits per heavy atom. The van der Waals surface area contributed by atoms with Crippen molar-refractivity contribution in [2.75, 3.05) is 6.54 Å². The number of carbonyl (C=O) groups is 1. The third-order valence-electron chi connectivity index (χ3n) is 1.01. The molecule has 7 heavy (non-hydrogen) atoms. The number of aliphatic hydroxyl groups excluding tert-OH is 1. The number of carbonyl (C=O) groups excluding carboxylic acids is 1. The molecule has 1 atom stereocenters. The zero-order chi connectivity index (χ0) is 5.28. The van der Waals surface area contributed by atoms with E-state index in [2.05, 4.69) is 5.32 Å². The molecule has 0 amide bonds. The first-order valence-electron chi connectivity index (χ1n) is 2.25. The highest BCUT2D eigenvalue weighted by Gasteiger charge is 2.19. The van der Waals surface area contributed by atoms with Crippen molar-refractivity contribution in [1.82, 2.24) is 5.32 Å². The van der Waals surface area contributed by atoms with Crippen LogP contribution >= 0.6 is 0 Å². The maximum absolute atomic E-state index is 10.3. The normalized spacial score (nSPS) is 31.6. The van der Waals surface area contributed by atoms with Gasteiger partial charge in [0.05, 0.1) is 0 Å². The van der Waals surface area contributed by atoms with Gasteiger partial charge in [-0.15, -0.1) is 0 Å². The van der Waals surface area contributed by atoms with Crippen molar-refractivity contribution in [3.05, 3.63) is 0 Å². The molecule has 1 fully saturated rings. The van der Waals surface area contributed by atoms with Gasteiger partial charge in [0.25, 0.3) is 0 Å². The molecule has 0 aromatic rings. The van der Waals surface area contributed by atoms with Crippen LogP contribution in [0, 0.1) is 0 Å². The second-order valence-corrected chi connectivity index (χ2v) is 1.57. The summed E-state index contributed by atoms with van der Waals surface area (Å²) in [4.78, 5) is 10.3. The second kappa shape index (κ2) is 1.60. The number of rotatable bonds is 0. The number of hydrogen-bond donors (Lipinski definition) is 2. The summed E-state index contributed by atoms with van der Waals surface area (Å²) in [5.74, 6) is -0.0972. The average Bonchev–Trinajstić information content (AvgIpc) is 1.91. The van der Waals surface area contributed by atoms with E-state index in [0.717, 1.165) is 0 Å². The monoisotopic (exact) mass is 101 g/mol. The molecule has 1 unspecified atom stereocenters. The molecule has 1 rings (SSSR count). The minimum Gasteiger partial charge on any atom is -0.371 e. The van der Waals surface area contributed by atoms with Crippen LogP contribution < -0.4 is 5.32 Å². The van der Waals surface area contributed by atoms with Crippen molar-refractivity contribution >= 4 is 5.78 Å². The van der Waals surface area contributed by atoms with Crippen LogP contribution in [-0.2, 0) is 4.79 Å². The standard InChI is InChI=1S/C4H7NO2/c6-3-1-2-5-4(3)7/h4-5,7H,1-2H2. The molecule has 0 aliphatic carbocycles. The molecule has 0 saturated carbocycles. The summed E-state index contributed by atoms with van der Waals surface area (Å²) in [6.45, 7) is 0.625. The topological polar surface area (TPSA) is 49.3 Å². The third-order valence-corrected chi connectivity index (χ3v) is 1.01. The lowest BCUT2D eigenvalue weighted by atomic mass is 10.3. The van der Waals surface area contributed by atoms with E-state index in [1.807, 2.05) is 0 Å². The summed E-state index contributed by atoms with van der Waals surface area (Å²) in [6, 6.07) is 0. The Labute approximate surface area is 41.3 Å². The van der Waals surface area contributed by atoms with Gasteiger partial charge < -0.3 is 5.11 Å².